The zero-order chi connectivity index (χ0) is 13.2. The first kappa shape index (κ1) is 13.6. The van der Waals surface area contributed by atoms with Gasteiger partial charge in [0.25, 0.3) is 0 Å². The van der Waals surface area contributed by atoms with Crippen LogP contribution in [-0.2, 0) is 0 Å². The SMILES string of the molecule is Cc1ccc(C(CN)C(O)C2(C)CCCC2)cc1. The molecule has 1 fully saturated rings. The number of hydrogen-bond acceptors (Lipinski definition) is 2. The molecule has 0 heterocycles. The van der Waals surface area contributed by atoms with Gasteiger partial charge >= 0.3 is 0 Å². The normalized spacial score (nSPS) is 21.8. The van der Waals surface area contributed by atoms with E-state index in [4.69, 9.17) is 5.73 Å². The van der Waals surface area contributed by atoms with E-state index < -0.39 is 0 Å². The Bertz CT molecular complexity index is 379. The molecule has 0 radical (unpaired) electrons. The summed E-state index contributed by atoms with van der Waals surface area (Å²) in [6, 6.07) is 8.41. The number of benzene rings is 1. The van der Waals surface area contributed by atoms with Gasteiger partial charge in [-0.3, -0.25) is 0 Å². The standard InChI is InChI=1S/C16H25NO/c1-12-5-7-13(8-6-12)14(11-17)15(18)16(2)9-3-4-10-16/h5-8,14-15,18H,3-4,9-11,17H2,1-2H3. The van der Waals surface area contributed by atoms with E-state index in [1.54, 1.807) is 0 Å². The fourth-order valence-corrected chi connectivity index (χ4v) is 3.23. The first-order valence-corrected chi connectivity index (χ1v) is 7.01. The van der Waals surface area contributed by atoms with Gasteiger partial charge in [0.1, 0.15) is 0 Å². The van der Waals surface area contributed by atoms with Crippen molar-refractivity contribution in [3.05, 3.63) is 35.4 Å². The molecule has 0 amide bonds. The molecular formula is C16H25NO. The minimum atomic E-state index is -0.326. The molecule has 1 aromatic carbocycles. The Balaban J connectivity index is 2.20. The summed E-state index contributed by atoms with van der Waals surface area (Å²) in [5.41, 5.74) is 8.38. The van der Waals surface area contributed by atoms with Gasteiger partial charge in [0.05, 0.1) is 6.10 Å². The molecule has 18 heavy (non-hydrogen) atoms. The molecule has 3 N–H and O–H groups in total. The van der Waals surface area contributed by atoms with E-state index in [0.717, 1.165) is 12.8 Å². The van der Waals surface area contributed by atoms with Crippen molar-refractivity contribution in [1.29, 1.82) is 0 Å². The summed E-state index contributed by atoms with van der Waals surface area (Å²) in [6.45, 7) is 4.80. The monoisotopic (exact) mass is 247 g/mol. The van der Waals surface area contributed by atoms with Crippen LogP contribution in [0.5, 0.6) is 0 Å². The molecule has 2 unspecified atom stereocenters. The third-order valence-electron chi connectivity index (χ3n) is 4.60. The van der Waals surface area contributed by atoms with Crippen LogP contribution in [0.15, 0.2) is 24.3 Å². The van der Waals surface area contributed by atoms with E-state index in [1.165, 1.54) is 24.0 Å². The van der Waals surface area contributed by atoms with Crippen LogP contribution in [0.25, 0.3) is 0 Å². The lowest BCUT2D eigenvalue weighted by Gasteiger charge is -2.35. The second-order valence-corrected chi connectivity index (χ2v) is 6.06. The smallest absolute Gasteiger partial charge is 0.0674 e. The van der Waals surface area contributed by atoms with Crippen LogP contribution in [0.1, 0.15) is 49.7 Å². The molecule has 1 aromatic rings. The van der Waals surface area contributed by atoms with Crippen molar-refractivity contribution < 1.29 is 5.11 Å². The van der Waals surface area contributed by atoms with E-state index in [1.807, 2.05) is 0 Å². The van der Waals surface area contributed by atoms with Crippen molar-refractivity contribution in [3.63, 3.8) is 0 Å². The van der Waals surface area contributed by atoms with Crippen LogP contribution in [0.3, 0.4) is 0 Å². The first-order chi connectivity index (χ1) is 8.57. The maximum Gasteiger partial charge on any atom is 0.0674 e. The molecule has 1 aliphatic carbocycles. The highest BCUT2D eigenvalue weighted by Gasteiger charge is 2.40. The Morgan fingerprint density at radius 3 is 2.28 bits per heavy atom. The minimum Gasteiger partial charge on any atom is -0.392 e. The fraction of sp³-hybridized carbons (Fsp3) is 0.625. The van der Waals surface area contributed by atoms with E-state index >= 15 is 0 Å². The van der Waals surface area contributed by atoms with Crippen LogP contribution in [-0.4, -0.2) is 17.8 Å². The van der Waals surface area contributed by atoms with Gasteiger partial charge in [-0.1, -0.05) is 49.6 Å². The number of aliphatic hydroxyl groups excluding tert-OH is 1. The van der Waals surface area contributed by atoms with Gasteiger partial charge in [-0.25, -0.2) is 0 Å². The lowest BCUT2D eigenvalue weighted by molar-refractivity contribution is 0.0213. The van der Waals surface area contributed by atoms with E-state index in [2.05, 4.69) is 38.1 Å². The molecule has 0 aliphatic heterocycles. The summed E-state index contributed by atoms with van der Waals surface area (Å²) >= 11 is 0. The Hall–Kier alpha value is -0.860. The van der Waals surface area contributed by atoms with Gasteiger partial charge in [-0.05, 0) is 30.7 Å². The number of aryl methyl sites for hydroxylation is 1. The molecule has 2 nitrogen and oxygen atoms in total. The molecule has 100 valence electrons. The minimum absolute atomic E-state index is 0.0505. The number of aliphatic hydroxyl groups is 1. The fourth-order valence-electron chi connectivity index (χ4n) is 3.23. The van der Waals surface area contributed by atoms with Crippen LogP contribution in [0, 0.1) is 12.3 Å². The predicted molar refractivity (Wildman–Crippen MR) is 75.6 cm³/mol. The van der Waals surface area contributed by atoms with Crippen molar-refractivity contribution >= 4 is 0 Å². The van der Waals surface area contributed by atoms with Crippen molar-refractivity contribution in [2.24, 2.45) is 11.1 Å². The van der Waals surface area contributed by atoms with Crippen LogP contribution >= 0.6 is 0 Å². The molecule has 0 spiro atoms. The highest BCUT2D eigenvalue weighted by molar-refractivity contribution is 5.26. The van der Waals surface area contributed by atoms with Gasteiger partial charge in [-0.15, -0.1) is 0 Å². The van der Waals surface area contributed by atoms with Gasteiger partial charge in [-0.2, -0.15) is 0 Å². The zero-order valence-electron chi connectivity index (χ0n) is 11.5. The van der Waals surface area contributed by atoms with Crippen molar-refractivity contribution in [2.75, 3.05) is 6.54 Å². The van der Waals surface area contributed by atoms with Gasteiger partial charge in [0, 0.05) is 12.5 Å². The number of hydrogen-bond donors (Lipinski definition) is 2. The van der Waals surface area contributed by atoms with Gasteiger partial charge in [0.2, 0.25) is 0 Å². The number of nitrogens with two attached hydrogens (primary N) is 1. The summed E-state index contributed by atoms with van der Waals surface area (Å²) in [5, 5.41) is 10.7. The summed E-state index contributed by atoms with van der Waals surface area (Å²) in [5.74, 6) is 0.0636. The van der Waals surface area contributed by atoms with Crippen LogP contribution in [0.4, 0.5) is 0 Å². The van der Waals surface area contributed by atoms with Crippen LogP contribution < -0.4 is 5.73 Å². The average Bonchev–Trinajstić information content (AvgIpc) is 2.81. The summed E-state index contributed by atoms with van der Waals surface area (Å²) < 4.78 is 0. The van der Waals surface area contributed by atoms with Crippen molar-refractivity contribution in [2.45, 2.75) is 51.6 Å². The Labute approximate surface area is 110 Å². The van der Waals surface area contributed by atoms with Gasteiger partial charge in [0.15, 0.2) is 0 Å². The Morgan fingerprint density at radius 2 is 1.78 bits per heavy atom. The average molecular weight is 247 g/mol. The highest BCUT2D eigenvalue weighted by atomic mass is 16.3. The second kappa shape index (κ2) is 5.41. The predicted octanol–water partition coefficient (Wildman–Crippen LogP) is 2.98. The molecule has 0 bridgehead atoms. The summed E-state index contributed by atoms with van der Waals surface area (Å²) in [7, 11) is 0. The molecule has 1 aliphatic rings. The lowest BCUT2D eigenvalue weighted by Crippen LogP contribution is -2.38. The molecule has 2 heteroatoms. The molecule has 2 atom stereocenters. The Morgan fingerprint density at radius 1 is 1.22 bits per heavy atom. The van der Waals surface area contributed by atoms with E-state index in [9.17, 15) is 5.11 Å². The third kappa shape index (κ3) is 2.60. The first-order valence-electron chi connectivity index (χ1n) is 7.01. The second-order valence-electron chi connectivity index (χ2n) is 6.06. The topological polar surface area (TPSA) is 46.2 Å². The van der Waals surface area contributed by atoms with Crippen LogP contribution in [0.2, 0.25) is 0 Å². The van der Waals surface area contributed by atoms with Crippen molar-refractivity contribution in [1.82, 2.24) is 0 Å². The molecule has 0 aromatic heterocycles. The number of rotatable bonds is 4. The molecular weight excluding hydrogens is 222 g/mol. The van der Waals surface area contributed by atoms with Crippen molar-refractivity contribution in [3.8, 4) is 0 Å². The Kier molecular flexibility index (Phi) is 4.08. The molecule has 2 rings (SSSR count). The third-order valence-corrected chi connectivity index (χ3v) is 4.60. The van der Waals surface area contributed by atoms with E-state index in [-0.39, 0.29) is 17.4 Å². The zero-order valence-corrected chi connectivity index (χ0v) is 11.5. The lowest BCUT2D eigenvalue weighted by atomic mass is 9.74. The maximum absolute atomic E-state index is 10.7. The quantitative estimate of drug-likeness (QED) is 0.859. The summed E-state index contributed by atoms with van der Waals surface area (Å²) in [4.78, 5) is 0. The highest BCUT2D eigenvalue weighted by Crippen LogP contribution is 2.44. The molecule has 0 saturated heterocycles. The maximum atomic E-state index is 10.7. The van der Waals surface area contributed by atoms with E-state index in [0.29, 0.717) is 6.54 Å². The molecule has 1 saturated carbocycles. The largest absolute Gasteiger partial charge is 0.392 e. The summed E-state index contributed by atoms with van der Waals surface area (Å²) in [6.07, 6.45) is 4.39. The van der Waals surface area contributed by atoms with Gasteiger partial charge < -0.3 is 10.8 Å².